The van der Waals surface area contributed by atoms with Crippen molar-refractivity contribution in [2.24, 2.45) is 5.92 Å². The highest BCUT2D eigenvalue weighted by Gasteiger charge is 2.34. The third-order valence-corrected chi connectivity index (χ3v) is 4.30. The Morgan fingerprint density at radius 3 is 2.55 bits per heavy atom. The Hall–Kier alpha value is -3.47. The Kier molecular flexibility index (Phi) is 6.39. The monoisotopic (exact) mass is 402 g/mol. The molecule has 2 amide bonds. The lowest BCUT2D eigenvalue weighted by molar-refractivity contribution is -0.126. The van der Waals surface area contributed by atoms with Crippen LogP contribution in [0.4, 0.5) is 18.9 Å². The fourth-order valence-electron chi connectivity index (χ4n) is 2.85. The first-order chi connectivity index (χ1) is 13.9. The zero-order valence-corrected chi connectivity index (χ0v) is 15.3. The van der Waals surface area contributed by atoms with Crippen molar-refractivity contribution in [3.63, 3.8) is 0 Å². The topological polar surface area (TPSA) is 58.6 Å². The first-order valence-electron chi connectivity index (χ1n) is 8.81. The van der Waals surface area contributed by atoms with Crippen LogP contribution in [0.15, 0.2) is 42.5 Å². The van der Waals surface area contributed by atoms with Gasteiger partial charge in [-0.3, -0.25) is 9.59 Å². The van der Waals surface area contributed by atoms with Gasteiger partial charge >= 0.3 is 0 Å². The molecule has 29 heavy (non-hydrogen) atoms. The van der Waals surface area contributed by atoms with E-state index in [1.165, 1.54) is 29.2 Å². The highest BCUT2D eigenvalue weighted by Crippen LogP contribution is 2.25. The van der Waals surface area contributed by atoms with Gasteiger partial charge < -0.3 is 15.0 Å². The normalized spacial score (nSPS) is 15.6. The molecule has 2 aromatic rings. The number of carbonyl (C=O) groups excluding carboxylic acids is 2. The third kappa shape index (κ3) is 5.29. The lowest BCUT2D eigenvalue weighted by atomic mass is 10.1. The van der Waals surface area contributed by atoms with E-state index in [-0.39, 0.29) is 43.7 Å². The van der Waals surface area contributed by atoms with Crippen LogP contribution in [0, 0.1) is 35.2 Å². The Bertz CT molecular complexity index is 967. The Balaban J connectivity index is 1.44. The minimum absolute atomic E-state index is 0.0370. The SMILES string of the molecule is O=C(NCC#CCOc1ccc(F)cc1F)C1CC(=O)N(c2ccc(F)cc2)C1. The fraction of sp³-hybridized carbons (Fsp3) is 0.238. The molecule has 1 heterocycles. The van der Waals surface area contributed by atoms with Crippen LogP contribution in [0.25, 0.3) is 0 Å². The zero-order chi connectivity index (χ0) is 20.8. The second-order valence-electron chi connectivity index (χ2n) is 6.32. The van der Waals surface area contributed by atoms with E-state index < -0.39 is 23.4 Å². The number of amides is 2. The summed E-state index contributed by atoms with van der Waals surface area (Å²) < 4.78 is 44.3. The predicted octanol–water partition coefficient (Wildman–Crippen LogP) is 2.66. The smallest absolute Gasteiger partial charge is 0.227 e. The molecule has 2 aromatic carbocycles. The van der Waals surface area contributed by atoms with Crippen molar-refractivity contribution >= 4 is 17.5 Å². The summed E-state index contributed by atoms with van der Waals surface area (Å²) in [5.74, 6) is 2.17. The quantitative estimate of drug-likeness (QED) is 0.783. The fourth-order valence-corrected chi connectivity index (χ4v) is 2.85. The van der Waals surface area contributed by atoms with Crippen molar-refractivity contribution < 1.29 is 27.5 Å². The second kappa shape index (κ2) is 9.15. The minimum atomic E-state index is -0.822. The molecule has 0 spiro atoms. The van der Waals surface area contributed by atoms with E-state index in [1.807, 2.05) is 0 Å². The van der Waals surface area contributed by atoms with Gasteiger partial charge in [0, 0.05) is 24.7 Å². The number of halogens is 3. The summed E-state index contributed by atoms with van der Waals surface area (Å²) in [6, 6.07) is 8.44. The molecular formula is C21H17F3N2O3. The number of hydrogen-bond donors (Lipinski definition) is 1. The van der Waals surface area contributed by atoms with Crippen LogP contribution < -0.4 is 15.0 Å². The van der Waals surface area contributed by atoms with E-state index in [4.69, 9.17) is 4.74 Å². The molecule has 0 aliphatic carbocycles. The van der Waals surface area contributed by atoms with Gasteiger partial charge in [0.15, 0.2) is 11.6 Å². The number of benzene rings is 2. The number of nitrogens with one attached hydrogen (secondary N) is 1. The molecule has 0 radical (unpaired) electrons. The van der Waals surface area contributed by atoms with Gasteiger partial charge in [-0.25, -0.2) is 13.2 Å². The molecule has 1 unspecified atom stereocenters. The molecule has 1 N–H and O–H groups in total. The van der Waals surface area contributed by atoms with Crippen molar-refractivity contribution in [3.05, 3.63) is 59.9 Å². The van der Waals surface area contributed by atoms with E-state index in [2.05, 4.69) is 17.2 Å². The molecule has 1 aliphatic rings. The molecule has 1 saturated heterocycles. The number of carbonyl (C=O) groups is 2. The molecular weight excluding hydrogens is 385 g/mol. The number of hydrogen-bond acceptors (Lipinski definition) is 3. The average molecular weight is 402 g/mol. The van der Waals surface area contributed by atoms with E-state index in [1.54, 1.807) is 0 Å². The van der Waals surface area contributed by atoms with Gasteiger partial charge in [-0.05, 0) is 36.4 Å². The summed E-state index contributed by atoms with van der Waals surface area (Å²) in [7, 11) is 0. The first-order valence-corrected chi connectivity index (χ1v) is 8.81. The Morgan fingerprint density at radius 2 is 1.83 bits per heavy atom. The standard InChI is InChI=1S/C21H17F3N2O3/c22-15-3-6-17(7-4-15)26-13-14(11-20(26)27)21(28)25-9-1-2-10-29-19-8-5-16(23)12-18(19)24/h3-8,12,14H,9-11,13H2,(H,25,28). The Labute approximate surface area is 165 Å². The van der Waals surface area contributed by atoms with E-state index in [0.29, 0.717) is 11.8 Å². The maximum atomic E-state index is 13.4. The molecule has 1 atom stereocenters. The van der Waals surface area contributed by atoms with Gasteiger partial charge in [-0.2, -0.15) is 0 Å². The summed E-state index contributed by atoms with van der Waals surface area (Å²) in [6.07, 6.45) is 0.0591. The third-order valence-electron chi connectivity index (χ3n) is 4.30. The first kappa shape index (κ1) is 20.3. The maximum absolute atomic E-state index is 13.4. The van der Waals surface area contributed by atoms with Gasteiger partial charge in [0.1, 0.15) is 18.2 Å². The van der Waals surface area contributed by atoms with Crippen LogP contribution in [0.1, 0.15) is 6.42 Å². The number of ether oxygens (including phenoxy) is 1. The molecule has 0 bridgehead atoms. The van der Waals surface area contributed by atoms with Gasteiger partial charge in [-0.1, -0.05) is 11.8 Å². The molecule has 5 nitrogen and oxygen atoms in total. The molecule has 1 fully saturated rings. The van der Waals surface area contributed by atoms with Crippen molar-refractivity contribution in [1.82, 2.24) is 5.32 Å². The summed E-state index contributed by atoms with van der Waals surface area (Å²) in [6.45, 7) is 0.116. The summed E-state index contributed by atoms with van der Waals surface area (Å²) in [5, 5.41) is 2.61. The number of anilines is 1. The molecule has 3 rings (SSSR count). The van der Waals surface area contributed by atoms with Crippen LogP contribution in [0.3, 0.4) is 0 Å². The van der Waals surface area contributed by atoms with Crippen LogP contribution in [0.2, 0.25) is 0 Å². The predicted molar refractivity (Wildman–Crippen MR) is 99.5 cm³/mol. The van der Waals surface area contributed by atoms with Gasteiger partial charge in [0.2, 0.25) is 11.8 Å². The van der Waals surface area contributed by atoms with Crippen LogP contribution in [0.5, 0.6) is 5.75 Å². The highest BCUT2D eigenvalue weighted by atomic mass is 19.1. The second-order valence-corrected chi connectivity index (χ2v) is 6.32. The largest absolute Gasteiger partial charge is 0.478 e. The minimum Gasteiger partial charge on any atom is -0.478 e. The maximum Gasteiger partial charge on any atom is 0.227 e. The molecule has 1 aliphatic heterocycles. The average Bonchev–Trinajstić information content (AvgIpc) is 3.08. The van der Waals surface area contributed by atoms with E-state index in [9.17, 15) is 22.8 Å². The Morgan fingerprint density at radius 1 is 1.10 bits per heavy atom. The summed E-state index contributed by atoms with van der Waals surface area (Å²) in [4.78, 5) is 25.8. The van der Waals surface area contributed by atoms with Gasteiger partial charge in [0.25, 0.3) is 0 Å². The summed E-state index contributed by atoms with van der Waals surface area (Å²) >= 11 is 0. The van der Waals surface area contributed by atoms with Crippen molar-refractivity contribution in [3.8, 4) is 17.6 Å². The number of rotatable bonds is 5. The molecule has 0 saturated carbocycles. The van der Waals surface area contributed by atoms with Gasteiger partial charge in [-0.15, -0.1) is 0 Å². The summed E-state index contributed by atoms with van der Waals surface area (Å²) in [5.41, 5.74) is 0.539. The molecule has 150 valence electrons. The van der Waals surface area contributed by atoms with Crippen molar-refractivity contribution in [2.45, 2.75) is 6.42 Å². The van der Waals surface area contributed by atoms with E-state index in [0.717, 1.165) is 12.1 Å². The van der Waals surface area contributed by atoms with Crippen molar-refractivity contribution in [2.75, 3.05) is 24.6 Å². The van der Waals surface area contributed by atoms with Crippen LogP contribution >= 0.6 is 0 Å². The van der Waals surface area contributed by atoms with Crippen molar-refractivity contribution in [1.29, 1.82) is 0 Å². The number of nitrogens with zero attached hydrogens (tertiary/aromatic N) is 1. The highest BCUT2D eigenvalue weighted by molar-refractivity contribution is 6.00. The molecule has 0 aromatic heterocycles. The van der Waals surface area contributed by atoms with Crippen LogP contribution in [-0.2, 0) is 9.59 Å². The lowest BCUT2D eigenvalue weighted by Crippen LogP contribution is -2.33. The van der Waals surface area contributed by atoms with Gasteiger partial charge in [0.05, 0.1) is 12.5 Å². The van der Waals surface area contributed by atoms with E-state index >= 15 is 0 Å². The molecule has 8 heteroatoms. The lowest BCUT2D eigenvalue weighted by Gasteiger charge is -2.16. The zero-order valence-electron chi connectivity index (χ0n) is 15.3. The van der Waals surface area contributed by atoms with Crippen LogP contribution in [-0.4, -0.2) is 31.5 Å².